The van der Waals surface area contributed by atoms with Crippen molar-refractivity contribution in [2.45, 2.75) is 26.8 Å². The fourth-order valence-corrected chi connectivity index (χ4v) is 2.77. The molecule has 0 spiro atoms. The Kier molecular flexibility index (Phi) is 6.16. The number of benzene rings is 2. The maximum absolute atomic E-state index is 12.6. The number of aryl methyl sites for hydroxylation is 1. The summed E-state index contributed by atoms with van der Waals surface area (Å²) in [5.74, 6) is 1.20. The van der Waals surface area contributed by atoms with Crippen molar-refractivity contribution in [3.63, 3.8) is 0 Å². The van der Waals surface area contributed by atoms with Crippen molar-refractivity contribution in [2.75, 3.05) is 12.3 Å². The van der Waals surface area contributed by atoms with Gasteiger partial charge in [0.25, 0.3) is 5.91 Å². The summed E-state index contributed by atoms with van der Waals surface area (Å²) in [4.78, 5) is 12.6. The maximum atomic E-state index is 12.6. The van der Waals surface area contributed by atoms with E-state index in [1.807, 2.05) is 51.1 Å². The average Bonchev–Trinajstić information content (AvgIpc) is 3.02. The van der Waals surface area contributed by atoms with Gasteiger partial charge in [-0.1, -0.05) is 18.2 Å². The first kappa shape index (κ1) is 19.7. The lowest BCUT2D eigenvalue weighted by atomic mass is 10.1. The molecule has 0 aliphatic carbocycles. The molecule has 0 fully saturated rings. The number of anilines is 1. The summed E-state index contributed by atoms with van der Waals surface area (Å²) in [6.45, 7) is 6.27. The van der Waals surface area contributed by atoms with Crippen LogP contribution in [0.5, 0.6) is 5.75 Å². The van der Waals surface area contributed by atoms with Gasteiger partial charge in [-0.25, -0.2) is 0 Å². The molecule has 2 aromatic carbocycles. The van der Waals surface area contributed by atoms with Crippen molar-refractivity contribution in [1.82, 2.24) is 5.32 Å². The molecule has 1 atom stereocenters. The van der Waals surface area contributed by atoms with Gasteiger partial charge >= 0.3 is 0 Å². The molecule has 138 valence electrons. The quantitative estimate of drug-likeness (QED) is 0.638. The van der Waals surface area contributed by atoms with Gasteiger partial charge in [-0.15, -0.1) is 12.4 Å². The highest BCUT2D eigenvalue weighted by Gasteiger charge is 2.18. The minimum Gasteiger partial charge on any atom is -0.490 e. The predicted octanol–water partition coefficient (Wildman–Crippen LogP) is 4.63. The highest BCUT2D eigenvalue weighted by Crippen LogP contribution is 2.31. The van der Waals surface area contributed by atoms with Crippen LogP contribution < -0.4 is 15.8 Å². The largest absolute Gasteiger partial charge is 0.490 e. The van der Waals surface area contributed by atoms with E-state index in [2.05, 4.69) is 5.32 Å². The predicted molar refractivity (Wildman–Crippen MR) is 106 cm³/mol. The summed E-state index contributed by atoms with van der Waals surface area (Å²) in [7, 11) is 0. The van der Waals surface area contributed by atoms with E-state index in [0.29, 0.717) is 35.0 Å². The van der Waals surface area contributed by atoms with Crippen molar-refractivity contribution in [2.24, 2.45) is 0 Å². The van der Waals surface area contributed by atoms with Gasteiger partial charge in [0.2, 0.25) is 0 Å². The highest BCUT2D eigenvalue weighted by atomic mass is 35.5. The molecule has 0 radical (unpaired) electrons. The Bertz CT molecular complexity index is 921. The number of para-hydroxylation sites is 1. The van der Waals surface area contributed by atoms with Gasteiger partial charge in [0, 0.05) is 16.6 Å². The first-order valence-electron chi connectivity index (χ1n) is 8.32. The van der Waals surface area contributed by atoms with E-state index in [-0.39, 0.29) is 24.4 Å². The van der Waals surface area contributed by atoms with Gasteiger partial charge in [-0.05, 0) is 50.6 Å². The summed E-state index contributed by atoms with van der Waals surface area (Å²) >= 11 is 0. The van der Waals surface area contributed by atoms with Crippen LogP contribution in [-0.4, -0.2) is 12.5 Å². The Labute approximate surface area is 158 Å². The number of fused-ring (bicyclic) bond motifs is 1. The second kappa shape index (κ2) is 8.15. The second-order valence-corrected chi connectivity index (χ2v) is 6.03. The fourth-order valence-electron chi connectivity index (χ4n) is 2.77. The van der Waals surface area contributed by atoms with Crippen LogP contribution in [0, 0.1) is 6.92 Å². The number of rotatable bonds is 5. The molecule has 6 heteroatoms. The van der Waals surface area contributed by atoms with E-state index in [4.69, 9.17) is 14.9 Å². The number of carbonyl (C=O) groups is 1. The lowest BCUT2D eigenvalue weighted by Gasteiger charge is -2.13. The van der Waals surface area contributed by atoms with Gasteiger partial charge < -0.3 is 20.2 Å². The topological polar surface area (TPSA) is 77.5 Å². The molecular weight excluding hydrogens is 352 g/mol. The molecule has 1 unspecified atom stereocenters. The Morgan fingerprint density at radius 1 is 1.27 bits per heavy atom. The van der Waals surface area contributed by atoms with E-state index >= 15 is 0 Å². The van der Waals surface area contributed by atoms with Crippen LogP contribution in [0.25, 0.3) is 11.0 Å². The van der Waals surface area contributed by atoms with Crippen LogP contribution in [0.15, 0.2) is 46.9 Å². The molecule has 1 amide bonds. The molecule has 26 heavy (non-hydrogen) atoms. The van der Waals surface area contributed by atoms with Crippen LogP contribution in [0.3, 0.4) is 0 Å². The summed E-state index contributed by atoms with van der Waals surface area (Å²) in [6, 6.07) is 12.7. The lowest BCUT2D eigenvalue weighted by molar-refractivity contribution is 0.0935. The molecule has 1 heterocycles. The molecule has 0 saturated heterocycles. The van der Waals surface area contributed by atoms with Gasteiger partial charge in [-0.2, -0.15) is 0 Å². The standard InChI is InChI=1S/C20H22N2O3.ClH/c1-4-24-17-7-5-6-14-10-18(25-19(14)17)13(3)22-20(23)16-11-15(21)9-8-12(16)2;/h5-11,13H,4,21H2,1-3H3,(H,22,23);1H. The molecule has 0 aliphatic heterocycles. The third-order valence-electron chi connectivity index (χ3n) is 4.11. The van der Waals surface area contributed by atoms with Gasteiger partial charge in [0.05, 0.1) is 12.6 Å². The Morgan fingerprint density at radius 3 is 2.77 bits per heavy atom. The second-order valence-electron chi connectivity index (χ2n) is 6.03. The third-order valence-corrected chi connectivity index (χ3v) is 4.11. The number of carbonyl (C=O) groups excluding carboxylic acids is 1. The Hall–Kier alpha value is -2.66. The molecule has 0 saturated carbocycles. The van der Waals surface area contributed by atoms with Crippen molar-refractivity contribution in [3.8, 4) is 5.75 Å². The monoisotopic (exact) mass is 374 g/mol. The Balaban J connectivity index is 0.00000243. The maximum Gasteiger partial charge on any atom is 0.252 e. The number of nitrogen functional groups attached to an aromatic ring is 1. The van der Waals surface area contributed by atoms with Crippen LogP contribution in [0.4, 0.5) is 5.69 Å². The summed E-state index contributed by atoms with van der Waals surface area (Å²) in [6.07, 6.45) is 0. The smallest absolute Gasteiger partial charge is 0.252 e. The fraction of sp³-hybridized carbons (Fsp3) is 0.250. The number of nitrogens with two attached hydrogens (primary N) is 1. The van der Waals surface area contributed by atoms with E-state index in [0.717, 1.165) is 10.9 Å². The number of halogens is 1. The number of hydrogen-bond donors (Lipinski definition) is 2. The van der Waals surface area contributed by atoms with Gasteiger partial charge in [0.1, 0.15) is 5.76 Å². The SMILES string of the molecule is CCOc1cccc2cc(C(C)NC(=O)c3cc(N)ccc3C)oc12.Cl. The van der Waals surface area contributed by atoms with E-state index in [1.54, 1.807) is 12.1 Å². The van der Waals surface area contributed by atoms with Gasteiger partial charge in [-0.3, -0.25) is 4.79 Å². The van der Waals surface area contributed by atoms with Crippen LogP contribution in [-0.2, 0) is 0 Å². The number of hydrogen-bond acceptors (Lipinski definition) is 4. The van der Waals surface area contributed by atoms with E-state index in [9.17, 15) is 4.79 Å². The molecule has 3 N–H and O–H groups in total. The van der Waals surface area contributed by atoms with Crippen molar-refractivity contribution >= 4 is 35.0 Å². The zero-order chi connectivity index (χ0) is 18.0. The van der Waals surface area contributed by atoms with Gasteiger partial charge in [0.15, 0.2) is 11.3 Å². The zero-order valence-electron chi connectivity index (χ0n) is 15.0. The number of furan rings is 1. The van der Waals surface area contributed by atoms with Crippen molar-refractivity contribution < 1.29 is 13.9 Å². The van der Waals surface area contributed by atoms with Crippen LogP contribution >= 0.6 is 12.4 Å². The normalized spacial score (nSPS) is 11.7. The Morgan fingerprint density at radius 2 is 2.04 bits per heavy atom. The molecular formula is C20H23ClN2O3. The van der Waals surface area contributed by atoms with Crippen LogP contribution in [0.1, 0.15) is 41.6 Å². The number of ether oxygens (including phenoxy) is 1. The summed E-state index contributed by atoms with van der Waals surface area (Å²) in [5.41, 5.74) is 8.49. The molecule has 5 nitrogen and oxygen atoms in total. The lowest BCUT2D eigenvalue weighted by Crippen LogP contribution is -2.27. The minimum atomic E-state index is -0.282. The number of amides is 1. The number of nitrogens with one attached hydrogen (secondary N) is 1. The molecule has 3 rings (SSSR count). The first-order chi connectivity index (χ1) is 12.0. The molecule has 1 aromatic heterocycles. The van der Waals surface area contributed by atoms with Crippen LogP contribution in [0.2, 0.25) is 0 Å². The summed E-state index contributed by atoms with van der Waals surface area (Å²) in [5, 5.41) is 3.91. The molecule has 3 aromatic rings. The zero-order valence-corrected chi connectivity index (χ0v) is 15.9. The average molecular weight is 375 g/mol. The molecule has 0 aliphatic rings. The van der Waals surface area contributed by atoms with Crippen molar-refractivity contribution in [1.29, 1.82) is 0 Å². The third kappa shape index (κ3) is 3.94. The van der Waals surface area contributed by atoms with E-state index < -0.39 is 0 Å². The first-order valence-corrected chi connectivity index (χ1v) is 8.32. The van der Waals surface area contributed by atoms with E-state index in [1.165, 1.54) is 0 Å². The minimum absolute atomic E-state index is 0. The van der Waals surface area contributed by atoms with Crippen molar-refractivity contribution in [3.05, 3.63) is 59.4 Å². The molecule has 0 bridgehead atoms. The highest BCUT2D eigenvalue weighted by molar-refractivity contribution is 5.96. The summed E-state index contributed by atoms with van der Waals surface area (Å²) < 4.78 is 11.5.